The Balaban J connectivity index is 1.57. The highest BCUT2D eigenvalue weighted by atomic mass is 16.7. The lowest BCUT2D eigenvalue weighted by atomic mass is 10.0. The van der Waals surface area contributed by atoms with Crippen LogP contribution in [0.3, 0.4) is 0 Å². The van der Waals surface area contributed by atoms with Crippen LogP contribution >= 0.6 is 0 Å². The third-order valence-corrected chi connectivity index (χ3v) is 3.54. The van der Waals surface area contributed by atoms with Crippen LogP contribution in [0.15, 0.2) is 0 Å². The molecule has 4 nitrogen and oxygen atoms in total. The van der Waals surface area contributed by atoms with Gasteiger partial charge < -0.3 is 18.9 Å². The van der Waals surface area contributed by atoms with Gasteiger partial charge in [0.15, 0.2) is 0 Å². The molecule has 5 rings (SSSR count). The highest BCUT2D eigenvalue weighted by molar-refractivity contribution is 5.22. The van der Waals surface area contributed by atoms with Gasteiger partial charge in [-0.15, -0.1) is 0 Å². The van der Waals surface area contributed by atoms with Crippen molar-refractivity contribution in [1.82, 2.24) is 0 Å². The lowest BCUT2D eigenvalue weighted by Crippen LogP contribution is -2.20. The number of ether oxygens (including phenoxy) is 4. The summed E-state index contributed by atoms with van der Waals surface area (Å²) >= 11 is 0. The van der Waals surface area contributed by atoms with Crippen molar-refractivity contribution in [1.29, 1.82) is 0 Å². The second kappa shape index (κ2) is 1.35. The van der Waals surface area contributed by atoms with E-state index in [1.54, 1.807) is 0 Å². The Morgan fingerprint density at radius 2 is 0.500 bits per heavy atom. The van der Waals surface area contributed by atoms with Gasteiger partial charge in [-0.05, 0) is 0 Å². The molecule has 0 bridgehead atoms. The lowest BCUT2D eigenvalue weighted by Gasteiger charge is -1.88. The molecule has 12 heavy (non-hydrogen) atoms. The topological polar surface area (TPSA) is 50.1 Å². The van der Waals surface area contributed by atoms with Crippen LogP contribution in [-0.2, 0) is 18.9 Å². The fourth-order valence-corrected chi connectivity index (χ4v) is 2.66. The molecular weight excluding hydrogens is 160 g/mol. The van der Waals surface area contributed by atoms with Crippen LogP contribution in [0.1, 0.15) is 0 Å². The van der Waals surface area contributed by atoms with Gasteiger partial charge in [0.25, 0.3) is 0 Å². The molecule has 0 atom stereocenters. The van der Waals surface area contributed by atoms with Crippen molar-refractivity contribution in [3.05, 3.63) is 0 Å². The van der Waals surface area contributed by atoms with E-state index in [0.717, 1.165) is 0 Å². The van der Waals surface area contributed by atoms with Gasteiger partial charge in [-0.3, -0.25) is 0 Å². The normalized spacial score (nSPS) is 80.0. The fourth-order valence-electron chi connectivity index (χ4n) is 2.66. The highest BCUT2D eigenvalue weighted by Crippen LogP contribution is 2.56. The number of fused-ring (bicyclic) bond motifs is 8. The van der Waals surface area contributed by atoms with Crippen LogP contribution in [0.5, 0.6) is 0 Å². The number of hydrogen-bond acceptors (Lipinski definition) is 4. The van der Waals surface area contributed by atoms with Gasteiger partial charge in [0.2, 0.25) is 0 Å². The summed E-state index contributed by atoms with van der Waals surface area (Å²) in [5, 5.41) is 0. The van der Waals surface area contributed by atoms with Gasteiger partial charge >= 0.3 is 0 Å². The van der Waals surface area contributed by atoms with Crippen LogP contribution < -0.4 is 0 Å². The molecule has 4 heterocycles. The molecule has 4 heteroatoms. The van der Waals surface area contributed by atoms with E-state index in [9.17, 15) is 0 Å². The molecule has 0 aromatic rings. The number of epoxide rings is 4. The van der Waals surface area contributed by atoms with E-state index in [0.29, 0.717) is 48.8 Å². The van der Waals surface area contributed by atoms with Crippen LogP contribution in [-0.4, -0.2) is 48.8 Å². The minimum Gasteiger partial charge on any atom is -0.364 e. The van der Waals surface area contributed by atoms with E-state index < -0.39 is 0 Å². The predicted molar refractivity (Wildman–Crippen MR) is 34.6 cm³/mol. The molecule has 64 valence electrons. The second-order valence-corrected chi connectivity index (χ2v) is 4.26. The zero-order chi connectivity index (χ0) is 7.45. The molecule has 0 aromatic heterocycles. The number of hydrogen-bond donors (Lipinski definition) is 0. The summed E-state index contributed by atoms with van der Waals surface area (Å²) in [6, 6.07) is 0. The first-order chi connectivity index (χ1) is 5.93. The van der Waals surface area contributed by atoms with Gasteiger partial charge in [0, 0.05) is 0 Å². The summed E-state index contributed by atoms with van der Waals surface area (Å²) in [7, 11) is 0. The van der Waals surface area contributed by atoms with E-state index in [1.165, 1.54) is 0 Å². The van der Waals surface area contributed by atoms with Crippen LogP contribution in [0.2, 0.25) is 0 Å². The van der Waals surface area contributed by atoms with Gasteiger partial charge in [-0.2, -0.15) is 0 Å². The van der Waals surface area contributed by atoms with Crippen LogP contribution in [0, 0.1) is 0 Å². The summed E-state index contributed by atoms with van der Waals surface area (Å²) in [4.78, 5) is 0. The van der Waals surface area contributed by atoms with Gasteiger partial charge in [0.05, 0.1) is 0 Å². The zero-order valence-electron chi connectivity index (χ0n) is 6.25. The Morgan fingerprint density at radius 3 is 0.667 bits per heavy atom. The molecule has 0 aromatic carbocycles. The molecule has 0 radical (unpaired) electrons. The molecule has 5 fully saturated rings. The highest BCUT2D eigenvalue weighted by Gasteiger charge is 2.76. The maximum absolute atomic E-state index is 5.51. The SMILES string of the molecule is O1C2C1C1OC1C1OC1C1OC21. The van der Waals surface area contributed by atoms with Crippen molar-refractivity contribution in [2.45, 2.75) is 48.8 Å². The van der Waals surface area contributed by atoms with Crippen molar-refractivity contribution < 1.29 is 18.9 Å². The minimum absolute atomic E-state index is 0.329. The monoisotopic (exact) mass is 168 g/mol. The summed E-state index contributed by atoms with van der Waals surface area (Å²) in [6.45, 7) is 0. The lowest BCUT2D eigenvalue weighted by molar-refractivity contribution is 0.272. The minimum atomic E-state index is 0.329. The molecule has 4 saturated heterocycles. The molecule has 5 aliphatic rings. The number of rotatable bonds is 0. The summed E-state index contributed by atoms with van der Waals surface area (Å²) in [5.74, 6) is 0. The molecule has 0 N–H and O–H groups in total. The molecule has 1 saturated carbocycles. The molecule has 1 aliphatic carbocycles. The quantitative estimate of drug-likeness (QED) is 0.346. The van der Waals surface area contributed by atoms with E-state index in [1.807, 2.05) is 0 Å². The van der Waals surface area contributed by atoms with Crippen molar-refractivity contribution in [2.75, 3.05) is 0 Å². The Bertz CT molecular complexity index is 184. The first-order valence-corrected chi connectivity index (χ1v) is 4.55. The zero-order valence-corrected chi connectivity index (χ0v) is 6.25. The van der Waals surface area contributed by atoms with Gasteiger partial charge in [-0.25, -0.2) is 0 Å². The first-order valence-electron chi connectivity index (χ1n) is 4.55. The van der Waals surface area contributed by atoms with E-state index in [-0.39, 0.29) is 0 Å². The van der Waals surface area contributed by atoms with Crippen molar-refractivity contribution in [3.63, 3.8) is 0 Å². The first kappa shape index (κ1) is 5.54. The predicted octanol–water partition coefficient (Wildman–Crippen LogP) is -0.930. The van der Waals surface area contributed by atoms with Crippen LogP contribution in [0.25, 0.3) is 0 Å². The van der Waals surface area contributed by atoms with Crippen molar-refractivity contribution in [2.24, 2.45) is 0 Å². The molecule has 0 spiro atoms. The van der Waals surface area contributed by atoms with Crippen molar-refractivity contribution in [3.8, 4) is 0 Å². The molecule has 0 unspecified atom stereocenters. The standard InChI is InChI=1S/C8H8O4/c9-1-2(9)4-6(11-4)8-7(12-8)5-3(1)10-5/h1-8H. The molecular formula is C8H8O4. The summed E-state index contributed by atoms with van der Waals surface area (Å²) < 4.78 is 22.0. The molecule has 4 aliphatic heterocycles. The van der Waals surface area contributed by atoms with Gasteiger partial charge in [-0.1, -0.05) is 0 Å². The Morgan fingerprint density at radius 1 is 0.333 bits per heavy atom. The van der Waals surface area contributed by atoms with Crippen molar-refractivity contribution >= 4 is 0 Å². The smallest absolute Gasteiger partial charge is 0.116 e. The van der Waals surface area contributed by atoms with E-state index in [2.05, 4.69) is 0 Å². The third-order valence-electron chi connectivity index (χ3n) is 3.54. The van der Waals surface area contributed by atoms with E-state index >= 15 is 0 Å². The van der Waals surface area contributed by atoms with E-state index in [4.69, 9.17) is 18.9 Å². The fraction of sp³-hybridized carbons (Fsp3) is 1.00. The largest absolute Gasteiger partial charge is 0.364 e. The summed E-state index contributed by atoms with van der Waals surface area (Å²) in [6.07, 6.45) is 2.63. The summed E-state index contributed by atoms with van der Waals surface area (Å²) in [5.41, 5.74) is 0. The Hall–Kier alpha value is -0.160. The molecule has 0 amide bonds. The maximum atomic E-state index is 5.51. The van der Waals surface area contributed by atoms with Crippen LogP contribution in [0.4, 0.5) is 0 Å². The third kappa shape index (κ3) is 0.484. The average Bonchev–Trinajstić information content (AvgIpc) is 2.81. The Kier molecular flexibility index (Phi) is 0.626. The Labute approximate surface area is 68.7 Å². The van der Waals surface area contributed by atoms with Gasteiger partial charge in [0.1, 0.15) is 48.8 Å². The average molecular weight is 168 g/mol. The second-order valence-electron chi connectivity index (χ2n) is 4.26. The maximum Gasteiger partial charge on any atom is 0.116 e.